The Bertz CT molecular complexity index is 944. The second kappa shape index (κ2) is 7.76. The molecular weight excluding hydrogens is 373 g/mol. The Morgan fingerprint density at radius 2 is 1.81 bits per heavy atom. The number of hydrogen-bond donors (Lipinski definition) is 0. The van der Waals surface area contributed by atoms with Gasteiger partial charge in [-0.1, -0.05) is 0 Å². The second-order valence-electron chi connectivity index (χ2n) is 5.88. The Morgan fingerprint density at radius 1 is 1.19 bits per heavy atom. The fourth-order valence-electron chi connectivity index (χ4n) is 2.22. The molecule has 0 amide bonds. The van der Waals surface area contributed by atoms with Gasteiger partial charge in [0.1, 0.15) is 18.2 Å². The van der Waals surface area contributed by atoms with Crippen molar-refractivity contribution in [2.24, 2.45) is 0 Å². The van der Waals surface area contributed by atoms with Gasteiger partial charge in [0.25, 0.3) is 0 Å². The first kappa shape index (κ1) is 18.9. The molecular formula is C16H16FN7O2S. The molecule has 1 aromatic carbocycles. The lowest BCUT2D eigenvalue weighted by molar-refractivity contribution is -0.385. The van der Waals surface area contributed by atoms with E-state index in [1.165, 1.54) is 12.1 Å². The van der Waals surface area contributed by atoms with E-state index in [2.05, 4.69) is 20.2 Å². The number of aromatic nitrogens is 5. The smallest absolute Gasteiger partial charge is 0.300 e. The Balaban J connectivity index is 2.01. The van der Waals surface area contributed by atoms with Crippen LogP contribution in [0.25, 0.3) is 5.69 Å². The summed E-state index contributed by atoms with van der Waals surface area (Å²) in [7, 11) is 3.83. The van der Waals surface area contributed by atoms with E-state index in [9.17, 15) is 14.5 Å². The molecule has 140 valence electrons. The van der Waals surface area contributed by atoms with E-state index in [0.717, 1.165) is 24.2 Å². The van der Waals surface area contributed by atoms with Crippen LogP contribution in [-0.2, 0) is 0 Å². The molecule has 27 heavy (non-hydrogen) atoms. The van der Waals surface area contributed by atoms with Gasteiger partial charge < -0.3 is 0 Å². The summed E-state index contributed by atoms with van der Waals surface area (Å²) >= 11 is 1.12. The minimum absolute atomic E-state index is 0.0605. The maximum atomic E-state index is 13.3. The van der Waals surface area contributed by atoms with Crippen LogP contribution in [0.3, 0.4) is 0 Å². The average Bonchev–Trinajstić information content (AvgIpc) is 3.05. The zero-order valence-electron chi connectivity index (χ0n) is 14.8. The summed E-state index contributed by atoms with van der Waals surface area (Å²) in [5.41, 5.74) is 0.496. The van der Waals surface area contributed by atoms with Crippen molar-refractivity contribution in [1.29, 1.82) is 0 Å². The van der Waals surface area contributed by atoms with Gasteiger partial charge in [-0.2, -0.15) is 0 Å². The van der Waals surface area contributed by atoms with Crippen LogP contribution in [0.5, 0.6) is 0 Å². The predicted molar refractivity (Wildman–Crippen MR) is 96.2 cm³/mol. The van der Waals surface area contributed by atoms with Crippen LogP contribution in [0, 0.1) is 15.9 Å². The highest BCUT2D eigenvalue weighted by Crippen LogP contribution is 2.30. The summed E-state index contributed by atoms with van der Waals surface area (Å²) in [5.74, 6) is 0.318. The predicted octanol–water partition coefficient (Wildman–Crippen LogP) is 2.88. The van der Waals surface area contributed by atoms with Gasteiger partial charge in [-0.3, -0.25) is 19.6 Å². The lowest BCUT2D eigenvalue weighted by atomic mass is 10.2. The van der Waals surface area contributed by atoms with Crippen LogP contribution < -0.4 is 0 Å². The minimum atomic E-state index is -0.563. The number of rotatable bonds is 6. The largest absolute Gasteiger partial charge is 0.305 e. The van der Waals surface area contributed by atoms with E-state index < -0.39 is 4.92 Å². The van der Waals surface area contributed by atoms with Gasteiger partial charge in [-0.25, -0.2) is 14.4 Å². The minimum Gasteiger partial charge on any atom is -0.300 e. The molecule has 2 aromatic heterocycles. The monoisotopic (exact) mass is 389 g/mol. The molecule has 0 saturated heterocycles. The van der Waals surface area contributed by atoms with Gasteiger partial charge in [0.2, 0.25) is 5.16 Å². The van der Waals surface area contributed by atoms with E-state index in [-0.39, 0.29) is 17.5 Å². The molecule has 1 atom stereocenters. The third-order valence-electron chi connectivity index (χ3n) is 3.90. The summed E-state index contributed by atoms with van der Waals surface area (Å²) in [6.07, 6.45) is 2.27. The molecule has 11 heteroatoms. The zero-order valence-corrected chi connectivity index (χ0v) is 15.6. The van der Waals surface area contributed by atoms with Crippen molar-refractivity contribution in [1.82, 2.24) is 29.6 Å². The molecule has 2 heterocycles. The van der Waals surface area contributed by atoms with Crippen LogP contribution in [0.2, 0.25) is 0 Å². The van der Waals surface area contributed by atoms with Crippen molar-refractivity contribution in [3.8, 4) is 5.69 Å². The van der Waals surface area contributed by atoms with Gasteiger partial charge >= 0.3 is 5.69 Å². The van der Waals surface area contributed by atoms with Gasteiger partial charge in [-0.15, -0.1) is 10.2 Å². The molecule has 3 rings (SSSR count). The van der Waals surface area contributed by atoms with Gasteiger partial charge in [-0.05, 0) is 57.0 Å². The third-order valence-corrected chi connectivity index (χ3v) is 4.74. The second-order valence-corrected chi connectivity index (χ2v) is 6.81. The zero-order chi connectivity index (χ0) is 19.6. The highest BCUT2D eigenvalue weighted by Gasteiger charge is 2.22. The fourth-order valence-corrected chi connectivity index (χ4v) is 2.97. The lowest BCUT2D eigenvalue weighted by Gasteiger charge is -2.20. The Hall–Kier alpha value is -2.92. The summed E-state index contributed by atoms with van der Waals surface area (Å²) in [4.78, 5) is 20.1. The number of halogens is 1. The van der Waals surface area contributed by atoms with Crippen LogP contribution in [-0.4, -0.2) is 48.7 Å². The van der Waals surface area contributed by atoms with Crippen molar-refractivity contribution < 1.29 is 9.31 Å². The van der Waals surface area contributed by atoms with Crippen LogP contribution in [0.4, 0.5) is 10.1 Å². The Labute approximate surface area is 158 Å². The highest BCUT2D eigenvalue weighted by atomic mass is 32.2. The van der Waals surface area contributed by atoms with Crippen molar-refractivity contribution in [2.45, 2.75) is 23.3 Å². The summed E-state index contributed by atoms with van der Waals surface area (Å²) in [5, 5.41) is 20.0. The topological polar surface area (TPSA) is 103 Å². The maximum Gasteiger partial charge on any atom is 0.305 e. The number of benzene rings is 1. The molecule has 9 nitrogen and oxygen atoms in total. The average molecular weight is 389 g/mol. The Kier molecular flexibility index (Phi) is 5.42. The third kappa shape index (κ3) is 4.09. The van der Waals surface area contributed by atoms with E-state index in [1.807, 2.05) is 25.9 Å². The molecule has 0 N–H and O–H groups in total. The standard InChI is InChI=1S/C16H16FN7O2S/c1-10(22(2)3)14-20-21-16(23(14)12-6-4-11(17)5-7-12)27-15-18-8-13(9-19-15)24(25)26/h4-10H,1-3H3. The molecule has 0 fully saturated rings. The van der Waals surface area contributed by atoms with E-state index in [4.69, 9.17) is 0 Å². The number of hydrogen-bond acceptors (Lipinski definition) is 8. The fraction of sp³-hybridized carbons (Fsp3) is 0.250. The molecule has 0 aliphatic carbocycles. The molecule has 3 aromatic rings. The van der Waals surface area contributed by atoms with Gasteiger partial charge in [0, 0.05) is 5.69 Å². The van der Waals surface area contributed by atoms with E-state index in [1.54, 1.807) is 16.7 Å². The SMILES string of the molecule is CC(c1nnc(Sc2ncc([N+](=O)[O-])cn2)n1-c1ccc(F)cc1)N(C)C. The van der Waals surface area contributed by atoms with Crippen molar-refractivity contribution >= 4 is 17.4 Å². The van der Waals surface area contributed by atoms with Crippen molar-refractivity contribution in [2.75, 3.05) is 14.1 Å². The van der Waals surface area contributed by atoms with E-state index >= 15 is 0 Å². The summed E-state index contributed by atoms with van der Waals surface area (Å²) in [6, 6.07) is 5.91. The normalized spacial score (nSPS) is 12.3. The molecule has 0 bridgehead atoms. The molecule has 0 radical (unpaired) electrons. The molecule has 1 unspecified atom stereocenters. The first-order valence-corrected chi connectivity index (χ1v) is 8.70. The van der Waals surface area contributed by atoms with Crippen molar-refractivity contribution in [3.63, 3.8) is 0 Å². The van der Waals surface area contributed by atoms with Crippen LogP contribution in [0.15, 0.2) is 47.0 Å². The summed E-state index contributed by atoms with van der Waals surface area (Å²) < 4.78 is 15.1. The first-order valence-electron chi connectivity index (χ1n) is 7.89. The van der Waals surface area contributed by atoms with Crippen LogP contribution in [0.1, 0.15) is 18.8 Å². The first-order chi connectivity index (χ1) is 12.9. The number of nitrogens with zero attached hydrogens (tertiary/aromatic N) is 7. The lowest BCUT2D eigenvalue weighted by Crippen LogP contribution is -2.20. The Morgan fingerprint density at radius 3 is 2.37 bits per heavy atom. The number of nitro groups is 1. The highest BCUT2D eigenvalue weighted by molar-refractivity contribution is 7.99. The van der Waals surface area contributed by atoms with Crippen LogP contribution >= 0.6 is 11.8 Å². The molecule has 0 aliphatic heterocycles. The van der Waals surface area contributed by atoms with Gasteiger partial charge in [0.05, 0.1) is 11.0 Å². The molecule has 0 aliphatic rings. The van der Waals surface area contributed by atoms with Gasteiger partial charge in [0.15, 0.2) is 11.0 Å². The van der Waals surface area contributed by atoms with E-state index in [0.29, 0.717) is 21.8 Å². The summed E-state index contributed by atoms with van der Waals surface area (Å²) in [6.45, 7) is 1.97. The quantitative estimate of drug-likeness (QED) is 0.360. The maximum absolute atomic E-state index is 13.3. The molecule has 0 saturated carbocycles. The molecule has 0 spiro atoms. The van der Waals surface area contributed by atoms with Crippen molar-refractivity contribution in [3.05, 3.63) is 58.4 Å².